The number of piperidine rings is 1. The Morgan fingerprint density at radius 3 is 2.60 bits per heavy atom. The molecule has 1 saturated heterocycles. The molecule has 82 valence electrons. The summed E-state index contributed by atoms with van der Waals surface area (Å²) in [6, 6.07) is 7.80. The molecule has 2 heteroatoms. The molecule has 1 nitrogen and oxygen atoms in total. The molecule has 0 amide bonds. The highest BCUT2D eigenvalue weighted by Gasteiger charge is 2.25. The van der Waals surface area contributed by atoms with E-state index in [0.29, 0.717) is 0 Å². The Morgan fingerprint density at radius 1 is 1.27 bits per heavy atom. The van der Waals surface area contributed by atoms with Gasteiger partial charge in [-0.2, -0.15) is 0 Å². The third kappa shape index (κ3) is 2.37. The van der Waals surface area contributed by atoms with Gasteiger partial charge in [0.2, 0.25) is 0 Å². The summed E-state index contributed by atoms with van der Waals surface area (Å²) in [4.78, 5) is 0. The summed E-state index contributed by atoms with van der Waals surface area (Å²) >= 11 is 0. The van der Waals surface area contributed by atoms with Crippen molar-refractivity contribution in [3.05, 3.63) is 35.4 Å². The fraction of sp³-hybridized carbons (Fsp3) is 0.538. The number of nitrogens with one attached hydrogen (secondary N) is 1. The normalized spacial score (nSPS) is 20.1. The van der Waals surface area contributed by atoms with Gasteiger partial charge in [0.1, 0.15) is 6.17 Å². The van der Waals surface area contributed by atoms with Crippen LogP contribution in [-0.2, 0) is 0 Å². The second kappa shape index (κ2) is 4.75. The van der Waals surface area contributed by atoms with Crippen molar-refractivity contribution in [3.8, 4) is 0 Å². The van der Waals surface area contributed by atoms with Gasteiger partial charge >= 0.3 is 0 Å². The van der Waals surface area contributed by atoms with Crippen molar-refractivity contribution in [2.45, 2.75) is 25.9 Å². The molecular formula is C13H18FN. The quantitative estimate of drug-likeness (QED) is 0.786. The van der Waals surface area contributed by atoms with E-state index in [-0.39, 0.29) is 5.92 Å². The lowest BCUT2D eigenvalue weighted by atomic mass is 9.87. The van der Waals surface area contributed by atoms with E-state index in [2.05, 4.69) is 5.32 Å². The first-order chi connectivity index (χ1) is 7.29. The van der Waals surface area contributed by atoms with E-state index < -0.39 is 6.17 Å². The summed E-state index contributed by atoms with van der Waals surface area (Å²) in [6.45, 7) is 3.90. The Labute approximate surface area is 90.7 Å². The van der Waals surface area contributed by atoms with E-state index in [1.807, 2.05) is 31.2 Å². The first kappa shape index (κ1) is 10.6. The van der Waals surface area contributed by atoms with Crippen LogP contribution in [0.25, 0.3) is 0 Å². The molecular weight excluding hydrogens is 189 g/mol. The van der Waals surface area contributed by atoms with Crippen LogP contribution in [-0.4, -0.2) is 13.1 Å². The van der Waals surface area contributed by atoms with Crippen LogP contribution in [0.5, 0.6) is 0 Å². The largest absolute Gasteiger partial charge is 0.317 e. The van der Waals surface area contributed by atoms with Crippen LogP contribution in [0.15, 0.2) is 24.3 Å². The summed E-state index contributed by atoms with van der Waals surface area (Å²) in [7, 11) is 0. The highest BCUT2D eigenvalue weighted by atomic mass is 19.1. The van der Waals surface area contributed by atoms with E-state index in [0.717, 1.165) is 37.1 Å². The second-order valence-corrected chi connectivity index (χ2v) is 4.35. The molecule has 1 fully saturated rings. The van der Waals surface area contributed by atoms with Crippen molar-refractivity contribution >= 4 is 0 Å². The van der Waals surface area contributed by atoms with Gasteiger partial charge in [0.15, 0.2) is 0 Å². The summed E-state index contributed by atoms with van der Waals surface area (Å²) in [5.74, 6) is 0.201. The first-order valence-corrected chi connectivity index (χ1v) is 5.69. The minimum atomic E-state index is -0.784. The Kier molecular flexibility index (Phi) is 3.37. The van der Waals surface area contributed by atoms with Crippen LogP contribution in [0.3, 0.4) is 0 Å². The average molecular weight is 207 g/mol. The molecule has 0 radical (unpaired) electrons. The number of benzene rings is 1. The number of hydrogen-bond donors (Lipinski definition) is 1. The van der Waals surface area contributed by atoms with Gasteiger partial charge in [-0.1, -0.05) is 24.3 Å². The molecule has 1 N–H and O–H groups in total. The average Bonchev–Trinajstić information content (AvgIpc) is 2.30. The predicted molar refractivity (Wildman–Crippen MR) is 60.6 cm³/mol. The van der Waals surface area contributed by atoms with Crippen LogP contribution in [0.1, 0.15) is 30.1 Å². The van der Waals surface area contributed by atoms with Crippen molar-refractivity contribution in [2.24, 2.45) is 5.92 Å². The van der Waals surface area contributed by atoms with E-state index >= 15 is 0 Å². The standard InChI is InChI=1S/C13H18FN/c1-10-4-2-3-5-12(10)13(14)11-6-8-15-9-7-11/h2-5,11,13,15H,6-9H2,1H3. The van der Waals surface area contributed by atoms with Gasteiger partial charge in [0.25, 0.3) is 0 Å². The van der Waals surface area contributed by atoms with E-state index in [4.69, 9.17) is 0 Å². The summed E-state index contributed by atoms with van der Waals surface area (Å²) < 4.78 is 14.3. The molecule has 0 spiro atoms. The Hall–Kier alpha value is -0.890. The SMILES string of the molecule is Cc1ccccc1C(F)C1CCNCC1. The van der Waals surface area contributed by atoms with Gasteiger partial charge < -0.3 is 5.32 Å². The summed E-state index contributed by atoms with van der Waals surface area (Å²) in [5, 5.41) is 3.27. The van der Waals surface area contributed by atoms with E-state index in [1.165, 1.54) is 0 Å². The smallest absolute Gasteiger partial charge is 0.128 e. The second-order valence-electron chi connectivity index (χ2n) is 4.35. The van der Waals surface area contributed by atoms with Crippen LogP contribution in [0.2, 0.25) is 0 Å². The maximum atomic E-state index is 14.3. The van der Waals surface area contributed by atoms with Crippen LogP contribution in [0, 0.1) is 12.8 Å². The maximum absolute atomic E-state index is 14.3. The molecule has 0 aromatic heterocycles. The Morgan fingerprint density at radius 2 is 1.93 bits per heavy atom. The topological polar surface area (TPSA) is 12.0 Å². The van der Waals surface area contributed by atoms with Crippen molar-refractivity contribution in [3.63, 3.8) is 0 Å². The van der Waals surface area contributed by atoms with Crippen LogP contribution < -0.4 is 5.32 Å². The lowest BCUT2D eigenvalue weighted by Gasteiger charge is -2.26. The zero-order chi connectivity index (χ0) is 10.7. The lowest BCUT2D eigenvalue weighted by Crippen LogP contribution is -2.30. The van der Waals surface area contributed by atoms with Gasteiger partial charge in [-0.25, -0.2) is 4.39 Å². The summed E-state index contributed by atoms with van der Waals surface area (Å²) in [6.07, 6.45) is 1.12. The van der Waals surface area contributed by atoms with Gasteiger partial charge in [-0.05, 0) is 49.9 Å². The maximum Gasteiger partial charge on any atom is 0.128 e. The van der Waals surface area contributed by atoms with E-state index in [9.17, 15) is 4.39 Å². The molecule has 2 rings (SSSR count). The molecule has 0 saturated carbocycles. The molecule has 0 bridgehead atoms. The fourth-order valence-corrected chi connectivity index (χ4v) is 2.29. The predicted octanol–water partition coefficient (Wildman–Crippen LogP) is 3.01. The monoisotopic (exact) mass is 207 g/mol. The zero-order valence-corrected chi connectivity index (χ0v) is 9.17. The fourth-order valence-electron chi connectivity index (χ4n) is 2.29. The van der Waals surface area contributed by atoms with Gasteiger partial charge in [-0.3, -0.25) is 0 Å². The number of hydrogen-bond acceptors (Lipinski definition) is 1. The molecule has 1 aromatic carbocycles. The van der Waals surface area contributed by atoms with Gasteiger partial charge in [0, 0.05) is 0 Å². The van der Waals surface area contributed by atoms with Crippen molar-refractivity contribution < 1.29 is 4.39 Å². The third-order valence-electron chi connectivity index (χ3n) is 3.28. The number of rotatable bonds is 2. The minimum Gasteiger partial charge on any atom is -0.317 e. The minimum absolute atomic E-state index is 0.201. The number of alkyl halides is 1. The number of halogens is 1. The molecule has 1 atom stereocenters. The van der Waals surface area contributed by atoms with Crippen molar-refractivity contribution in [2.75, 3.05) is 13.1 Å². The highest BCUT2D eigenvalue weighted by Crippen LogP contribution is 2.33. The lowest BCUT2D eigenvalue weighted by molar-refractivity contribution is 0.190. The third-order valence-corrected chi connectivity index (χ3v) is 3.28. The highest BCUT2D eigenvalue weighted by molar-refractivity contribution is 5.28. The zero-order valence-electron chi connectivity index (χ0n) is 9.17. The van der Waals surface area contributed by atoms with E-state index in [1.54, 1.807) is 0 Å². The Bertz CT molecular complexity index is 318. The van der Waals surface area contributed by atoms with Crippen molar-refractivity contribution in [1.82, 2.24) is 5.32 Å². The molecule has 1 unspecified atom stereocenters. The molecule has 1 aromatic rings. The van der Waals surface area contributed by atoms with Gasteiger partial charge in [0.05, 0.1) is 0 Å². The summed E-state index contributed by atoms with van der Waals surface area (Å²) in [5.41, 5.74) is 1.95. The number of aryl methyl sites for hydroxylation is 1. The molecule has 1 heterocycles. The van der Waals surface area contributed by atoms with Gasteiger partial charge in [-0.15, -0.1) is 0 Å². The molecule has 0 aliphatic carbocycles. The van der Waals surface area contributed by atoms with Crippen LogP contribution in [0.4, 0.5) is 4.39 Å². The molecule has 1 aliphatic rings. The van der Waals surface area contributed by atoms with Crippen LogP contribution >= 0.6 is 0 Å². The van der Waals surface area contributed by atoms with Crippen molar-refractivity contribution in [1.29, 1.82) is 0 Å². The molecule has 1 aliphatic heterocycles. The molecule has 15 heavy (non-hydrogen) atoms. The Balaban J connectivity index is 2.12. The first-order valence-electron chi connectivity index (χ1n) is 5.69.